The zero-order chi connectivity index (χ0) is 27.1. The number of carbonyl (C=O) groups is 2. The summed E-state index contributed by atoms with van der Waals surface area (Å²) < 4.78 is 7.34. The average Bonchev–Trinajstić information content (AvgIpc) is 3.15. The fraction of sp³-hybridized carbons (Fsp3) is 0.593. The summed E-state index contributed by atoms with van der Waals surface area (Å²) in [5.74, 6) is 0.184. The molecular weight excluding hydrogens is 508 g/mol. The van der Waals surface area contributed by atoms with E-state index in [1.807, 2.05) is 6.92 Å². The molecule has 2 saturated heterocycles. The number of piperidine rings is 1. The molecule has 37 heavy (non-hydrogen) atoms. The third-order valence-electron chi connectivity index (χ3n) is 6.96. The van der Waals surface area contributed by atoms with E-state index in [1.165, 1.54) is 11.8 Å². The smallest absolute Gasteiger partial charge is 0.309 e. The van der Waals surface area contributed by atoms with Crippen molar-refractivity contribution in [1.82, 2.24) is 9.47 Å². The van der Waals surface area contributed by atoms with E-state index < -0.39 is 0 Å². The molecule has 0 radical (unpaired) electrons. The molecule has 2 aliphatic heterocycles. The number of nitrogens with zero attached hydrogens (tertiary/aromatic N) is 4. The maximum atomic E-state index is 13.3. The molecule has 0 atom stereocenters. The van der Waals surface area contributed by atoms with Crippen LogP contribution in [0.15, 0.2) is 9.70 Å². The highest BCUT2D eigenvalue weighted by atomic mass is 32.2. The predicted octanol–water partition coefficient (Wildman–Crippen LogP) is 4.61. The number of hydrogen-bond donors (Lipinski definition) is 0. The van der Waals surface area contributed by atoms with Gasteiger partial charge in [0.1, 0.15) is 21.8 Å². The summed E-state index contributed by atoms with van der Waals surface area (Å²) in [5.41, 5.74) is 0.964. The average molecular weight is 545 g/mol. The van der Waals surface area contributed by atoms with Crippen LogP contribution in [-0.2, 0) is 20.9 Å². The van der Waals surface area contributed by atoms with Crippen molar-refractivity contribution in [3.05, 3.63) is 31.9 Å². The van der Waals surface area contributed by atoms with Gasteiger partial charge in [0.15, 0.2) is 0 Å². The van der Waals surface area contributed by atoms with E-state index in [-0.39, 0.29) is 28.9 Å². The molecule has 8 nitrogen and oxygen atoms in total. The molecule has 1 aromatic heterocycles. The molecular formula is C27H36N4O4S2. The number of thioether (sulfide) groups is 1. The van der Waals surface area contributed by atoms with Gasteiger partial charge in [0.2, 0.25) is 0 Å². The standard InChI is InChI=1S/C27H36N4O4S2/c1-5-8-9-10-13-31-25(33)22(37-27(31)36)16-20-18(4)21(17-28)24(32)30(6-2)23(20)29-14-11-19(12-15-29)26(34)35-7-3/h16,19H,5-15H2,1-4H3/b22-16-. The summed E-state index contributed by atoms with van der Waals surface area (Å²) in [6.45, 7) is 10.0. The van der Waals surface area contributed by atoms with Crippen molar-refractivity contribution in [3.8, 4) is 6.07 Å². The lowest BCUT2D eigenvalue weighted by Gasteiger charge is -2.35. The van der Waals surface area contributed by atoms with Crippen LogP contribution in [0.1, 0.15) is 76.0 Å². The number of anilines is 1. The SMILES string of the molecule is CCCCCCN1C(=O)/C(=C/c2c(C)c(C#N)c(=O)n(CC)c2N2CCC(C(=O)OCC)CC2)SC1=S. The largest absolute Gasteiger partial charge is 0.466 e. The van der Waals surface area contributed by atoms with Crippen LogP contribution in [0.25, 0.3) is 6.08 Å². The number of esters is 1. The van der Waals surface area contributed by atoms with Crippen molar-refractivity contribution in [2.75, 3.05) is 31.1 Å². The zero-order valence-electron chi connectivity index (χ0n) is 22.2. The lowest BCUT2D eigenvalue weighted by molar-refractivity contribution is -0.148. The molecule has 3 rings (SSSR count). The number of pyridine rings is 1. The number of nitriles is 1. The molecule has 3 heterocycles. The maximum absolute atomic E-state index is 13.3. The van der Waals surface area contributed by atoms with E-state index >= 15 is 0 Å². The Bertz CT molecular complexity index is 1180. The Balaban J connectivity index is 2.00. The first kappa shape index (κ1) is 28.9. The van der Waals surface area contributed by atoms with Crippen LogP contribution in [-0.4, -0.2) is 51.9 Å². The minimum Gasteiger partial charge on any atom is -0.466 e. The van der Waals surface area contributed by atoms with Gasteiger partial charge in [-0.15, -0.1) is 0 Å². The second kappa shape index (κ2) is 13.2. The zero-order valence-corrected chi connectivity index (χ0v) is 23.8. The second-order valence-electron chi connectivity index (χ2n) is 9.31. The molecule has 0 aliphatic carbocycles. The molecule has 1 aromatic rings. The lowest BCUT2D eigenvalue weighted by Crippen LogP contribution is -2.41. The predicted molar refractivity (Wildman–Crippen MR) is 151 cm³/mol. The van der Waals surface area contributed by atoms with Gasteiger partial charge in [0.25, 0.3) is 11.5 Å². The minimum atomic E-state index is -0.342. The number of rotatable bonds is 10. The van der Waals surface area contributed by atoms with E-state index in [2.05, 4.69) is 17.9 Å². The highest BCUT2D eigenvalue weighted by molar-refractivity contribution is 8.26. The van der Waals surface area contributed by atoms with Crippen LogP contribution in [0.2, 0.25) is 0 Å². The monoisotopic (exact) mass is 544 g/mol. The summed E-state index contributed by atoms with van der Waals surface area (Å²) in [6, 6.07) is 2.07. The summed E-state index contributed by atoms with van der Waals surface area (Å²) >= 11 is 6.79. The third-order valence-corrected chi connectivity index (χ3v) is 8.34. The number of aromatic nitrogens is 1. The third kappa shape index (κ3) is 6.27. The van der Waals surface area contributed by atoms with Gasteiger partial charge in [-0.25, -0.2) is 0 Å². The Morgan fingerprint density at radius 3 is 2.49 bits per heavy atom. The van der Waals surface area contributed by atoms with Crippen LogP contribution in [0, 0.1) is 24.2 Å². The summed E-state index contributed by atoms with van der Waals surface area (Å²) in [5, 5.41) is 9.78. The number of amides is 1. The Morgan fingerprint density at radius 1 is 1.19 bits per heavy atom. The van der Waals surface area contributed by atoms with Crippen LogP contribution in [0.4, 0.5) is 5.82 Å². The highest BCUT2D eigenvalue weighted by Gasteiger charge is 2.34. The van der Waals surface area contributed by atoms with E-state index in [0.29, 0.717) is 71.8 Å². The Hall–Kier alpha value is -2.64. The highest BCUT2D eigenvalue weighted by Crippen LogP contribution is 2.37. The Labute approximate surface area is 228 Å². The molecule has 2 aliphatic rings. The van der Waals surface area contributed by atoms with Gasteiger partial charge >= 0.3 is 5.97 Å². The van der Waals surface area contributed by atoms with Crippen molar-refractivity contribution < 1.29 is 14.3 Å². The van der Waals surface area contributed by atoms with Crippen molar-refractivity contribution >= 4 is 52.1 Å². The van der Waals surface area contributed by atoms with Gasteiger partial charge in [0, 0.05) is 31.7 Å². The lowest BCUT2D eigenvalue weighted by atomic mass is 9.95. The quantitative estimate of drug-likeness (QED) is 0.182. The van der Waals surface area contributed by atoms with Crippen LogP contribution in [0.5, 0.6) is 0 Å². The van der Waals surface area contributed by atoms with Gasteiger partial charge in [-0.05, 0) is 51.7 Å². The number of unbranched alkanes of at least 4 members (excludes halogenated alkanes) is 3. The van der Waals surface area contributed by atoms with Gasteiger partial charge in [-0.1, -0.05) is 50.2 Å². The summed E-state index contributed by atoms with van der Waals surface area (Å²) in [6.07, 6.45) is 7.18. The molecule has 2 fully saturated rings. The van der Waals surface area contributed by atoms with Crippen molar-refractivity contribution in [3.63, 3.8) is 0 Å². The molecule has 0 spiro atoms. The molecule has 0 saturated carbocycles. The number of ether oxygens (including phenoxy) is 1. The Kier molecular flexibility index (Phi) is 10.4. The van der Waals surface area contributed by atoms with Gasteiger partial charge < -0.3 is 9.64 Å². The van der Waals surface area contributed by atoms with Crippen molar-refractivity contribution in [2.45, 2.75) is 72.8 Å². The Morgan fingerprint density at radius 2 is 1.89 bits per heavy atom. The van der Waals surface area contributed by atoms with Gasteiger partial charge in [-0.3, -0.25) is 23.9 Å². The number of thiocarbonyl (C=S) groups is 1. The van der Waals surface area contributed by atoms with E-state index in [0.717, 1.165) is 25.7 Å². The van der Waals surface area contributed by atoms with E-state index in [9.17, 15) is 19.6 Å². The van der Waals surface area contributed by atoms with Gasteiger partial charge in [0.05, 0.1) is 17.4 Å². The number of hydrogen-bond acceptors (Lipinski definition) is 8. The van der Waals surface area contributed by atoms with E-state index in [4.69, 9.17) is 17.0 Å². The fourth-order valence-corrected chi connectivity index (χ4v) is 6.18. The normalized spacial score (nSPS) is 17.5. The first-order valence-electron chi connectivity index (χ1n) is 13.1. The van der Waals surface area contributed by atoms with Crippen LogP contribution < -0.4 is 10.5 Å². The van der Waals surface area contributed by atoms with Crippen molar-refractivity contribution in [2.24, 2.45) is 5.92 Å². The molecule has 0 aromatic carbocycles. The van der Waals surface area contributed by atoms with Crippen molar-refractivity contribution in [1.29, 1.82) is 5.26 Å². The molecule has 10 heteroatoms. The second-order valence-corrected chi connectivity index (χ2v) is 11.0. The number of carbonyl (C=O) groups excluding carboxylic acids is 2. The summed E-state index contributed by atoms with van der Waals surface area (Å²) in [4.78, 5) is 43.0. The topological polar surface area (TPSA) is 95.6 Å². The molecule has 0 unspecified atom stereocenters. The maximum Gasteiger partial charge on any atom is 0.309 e. The molecule has 1 amide bonds. The summed E-state index contributed by atoms with van der Waals surface area (Å²) in [7, 11) is 0. The van der Waals surface area contributed by atoms with Gasteiger partial charge in [-0.2, -0.15) is 5.26 Å². The fourth-order valence-electron chi connectivity index (χ4n) is 4.89. The minimum absolute atomic E-state index is 0.0771. The van der Waals surface area contributed by atoms with Crippen LogP contribution in [0.3, 0.4) is 0 Å². The molecule has 0 N–H and O–H groups in total. The van der Waals surface area contributed by atoms with E-state index in [1.54, 1.807) is 29.4 Å². The molecule has 200 valence electrons. The first-order chi connectivity index (χ1) is 17.8. The molecule has 0 bridgehead atoms. The van der Waals surface area contributed by atoms with Crippen LogP contribution >= 0.6 is 24.0 Å². The first-order valence-corrected chi connectivity index (χ1v) is 14.4.